The third kappa shape index (κ3) is 2.92. The molecule has 1 aliphatic rings. The molecule has 2 rings (SSSR count). The molecule has 5 heteroatoms. The molecule has 1 aromatic heterocycles. The standard InChI is InChI=1S/C11H16N4O/c16-11(14-10-9-12-5-6-13-10)15-7-3-1-2-4-8-15/h5-6,9H,1-4,7-8H2,(H,13,14,16). The molecule has 2 heterocycles. The minimum atomic E-state index is -0.0672. The van der Waals surface area contributed by atoms with Gasteiger partial charge in [-0.25, -0.2) is 9.78 Å². The highest BCUT2D eigenvalue weighted by Crippen LogP contribution is 2.10. The fourth-order valence-electron chi connectivity index (χ4n) is 1.83. The van der Waals surface area contributed by atoms with Crippen LogP contribution in [0.4, 0.5) is 10.6 Å². The topological polar surface area (TPSA) is 58.1 Å². The molecule has 86 valence electrons. The lowest BCUT2D eigenvalue weighted by atomic mass is 10.2. The van der Waals surface area contributed by atoms with E-state index < -0.39 is 0 Å². The van der Waals surface area contributed by atoms with Gasteiger partial charge in [-0.2, -0.15) is 0 Å². The van der Waals surface area contributed by atoms with Crippen molar-refractivity contribution in [1.29, 1.82) is 0 Å². The van der Waals surface area contributed by atoms with Crippen molar-refractivity contribution in [2.45, 2.75) is 25.7 Å². The van der Waals surface area contributed by atoms with Gasteiger partial charge in [0.2, 0.25) is 0 Å². The summed E-state index contributed by atoms with van der Waals surface area (Å²) in [4.78, 5) is 21.6. The number of carbonyl (C=O) groups excluding carboxylic acids is 1. The Morgan fingerprint density at radius 3 is 2.56 bits per heavy atom. The van der Waals surface area contributed by atoms with Crippen molar-refractivity contribution in [1.82, 2.24) is 14.9 Å². The van der Waals surface area contributed by atoms with Crippen molar-refractivity contribution in [2.75, 3.05) is 18.4 Å². The fourth-order valence-corrected chi connectivity index (χ4v) is 1.83. The molecule has 0 spiro atoms. The number of hydrogen-bond acceptors (Lipinski definition) is 3. The number of anilines is 1. The third-order valence-corrected chi connectivity index (χ3v) is 2.69. The summed E-state index contributed by atoms with van der Waals surface area (Å²) in [6.07, 6.45) is 9.32. The minimum Gasteiger partial charge on any atom is -0.325 e. The van der Waals surface area contributed by atoms with Gasteiger partial charge in [-0.1, -0.05) is 12.8 Å². The van der Waals surface area contributed by atoms with Gasteiger partial charge in [0.25, 0.3) is 0 Å². The number of likely N-dealkylation sites (tertiary alicyclic amines) is 1. The molecular weight excluding hydrogens is 204 g/mol. The molecule has 5 nitrogen and oxygen atoms in total. The Morgan fingerprint density at radius 2 is 1.94 bits per heavy atom. The van der Waals surface area contributed by atoms with Crippen molar-refractivity contribution in [3.8, 4) is 0 Å². The van der Waals surface area contributed by atoms with Crippen molar-refractivity contribution in [3.05, 3.63) is 18.6 Å². The number of urea groups is 1. The zero-order valence-corrected chi connectivity index (χ0v) is 9.22. The zero-order valence-electron chi connectivity index (χ0n) is 9.22. The van der Waals surface area contributed by atoms with Gasteiger partial charge in [0, 0.05) is 25.5 Å². The summed E-state index contributed by atoms with van der Waals surface area (Å²) in [6.45, 7) is 1.68. The second-order valence-electron chi connectivity index (χ2n) is 3.92. The molecule has 0 unspecified atom stereocenters. The molecule has 1 aromatic rings. The Hall–Kier alpha value is -1.65. The molecule has 1 aliphatic heterocycles. The van der Waals surface area contributed by atoms with Crippen LogP contribution in [-0.4, -0.2) is 34.0 Å². The van der Waals surface area contributed by atoms with E-state index in [0.717, 1.165) is 25.9 Å². The van der Waals surface area contributed by atoms with Crippen LogP contribution in [0.15, 0.2) is 18.6 Å². The summed E-state index contributed by atoms with van der Waals surface area (Å²) >= 11 is 0. The van der Waals surface area contributed by atoms with Gasteiger partial charge in [-0.15, -0.1) is 0 Å². The molecule has 0 saturated carbocycles. The molecule has 1 N–H and O–H groups in total. The van der Waals surface area contributed by atoms with E-state index in [9.17, 15) is 4.79 Å². The average Bonchev–Trinajstić information content (AvgIpc) is 2.59. The van der Waals surface area contributed by atoms with E-state index in [1.165, 1.54) is 12.8 Å². The summed E-state index contributed by atoms with van der Waals surface area (Å²) in [7, 11) is 0. The number of hydrogen-bond donors (Lipinski definition) is 1. The first-order chi connectivity index (χ1) is 7.86. The Bertz CT molecular complexity index is 333. The van der Waals surface area contributed by atoms with E-state index in [1.54, 1.807) is 18.6 Å². The van der Waals surface area contributed by atoms with Gasteiger partial charge in [0.05, 0.1) is 6.20 Å². The van der Waals surface area contributed by atoms with Crippen LogP contribution < -0.4 is 5.32 Å². The summed E-state index contributed by atoms with van der Waals surface area (Å²) in [5.74, 6) is 0.511. The SMILES string of the molecule is O=C(Nc1cnccn1)N1CCCCCC1. The Morgan fingerprint density at radius 1 is 1.19 bits per heavy atom. The molecule has 16 heavy (non-hydrogen) atoms. The predicted octanol–water partition coefficient (Wildman–Crippen LogP) is 1.88. The molecule has 0 bridgehead atoms. The highest BCUT2D eigenvalue weighted by atomic mass is 16.2. The van der Waals surface area contributed by atoms with E-state index in [1.807, 2.05) is 4.90 Å². The predicted molar refractivity (Wildman–Crippen MR) is 61.1 cm³/mol. The molecule has 0 atom stereocenters. The minimum absolute atomic E-state index is 0.0672. The van der Waals surface area contributed by atoms with E-state index in [2.05, 4.69) is 15.3 Å². The molecule has 0 radical (unpaired) electrons. The first-order valence-corrected chi connectivity index (χ1v) is 5.68. The Kier molecular flexibility index (Phi) is 3.69. The quantitative estimate of drug-likeness (QED) is 0.786. The maximum absolute atomic E-state index is 11.9. The van der Waals surface area contributed by atoms with E-state index in [0.29, 0.717) is 5.82 Å². The largest absolute Gasteiger partial charge is 0.325 e. The maximum atomic E-state index is 11.9. The number of carbonyl (C=O) groups is 1. The Labute approximate surface area is 94.9 Å². The monoisotopic (exact) mass is 220 g/mol. The van der Waals surface area contributed by atoms with Crippen LogP contribution in [0.5, 0.6) is 0 Å². The highest BCUT2D eigenvalue weighted by molar-refractivity contribution is 5.88. The number of nitrogens with zero attached hydrogens (tertiary/aromatic N) is 3. The van der Waals surface area contributed by atoms with Crippen LogP contribution in [0, 0.1) is 0 Å². The van der Waals surface area contributed by atoms with Crippen molar-refractivity contribution in [3.63, 3.8) is 0 Å². The number of amides is 2. The van der Waals surface area contributed by atoms with Crippen molar-refractivity contribution >= 4 is 11.8 Å². The van der Waals surface area contributed by atoms with Crippen LogP contribution in [-0.2, 0) is 0 Å². The summed E-state index contributed by atoms with van der Waals surface area (Å²) < 4.78 is 0. The van der Waals surface area contributed by atoms with Crippen LogP contribution in [0.3, 0.4) is 0 Å². The molecule has 1 saturated heterocycles. The second-order valence-corrected chi connectivity index (χ2v) is 3.92. The molecular formula is C11H16N4O. The van der Waals surface area contributed by atoms with Gasteiger partial charge in [0.1, 0.15) is 0 Å². The number of aromatic nitrogens is 2. The van der Waals surface area contributed by atoms with E-state index in [4.69, 9.17) is 0 Å². The number of rotatable bonds is 1. The van der Waals surface area contributed by atoms with Gasteiger partial charge in [-0.3, -0.25) is 10.3 Å². The molecule has 1 fully saturated rings. The van der Waals surface area contributed by atoms with Crippen molar-refractivity contribution < 1.29 is 4.79 Å². The molecule has 2 amide bonds. The van der Waals surface area contributed by atoms with Gasteiger partial charge in [-0.05, 0) is 12.8 Å². The van der Waals surface area contributed by atoms with Gasteiger partial charge >= 0.3 is 6.03 Å². The lowest BCUT2D eigenvalue weighted by Crippen LogP contribution is -2.35. The lowest BCUT2D eigenvalue weighted by Gasteiger charge is -2.20. The molecule has 0 aromatic carbocycles. The van der Waals surface area contributed by atoms with E-state index >= 15 is 0 Å². The second kappa shape index (κ2) is 5.44. The smallest absolute Gasteiger partial charge is 0.323 e. The zero-order chi connectivity index (χ0) is 11.2. The van der Waals surface area contributed by atoms with Crippen LogP contribution in [0.2, 0.25) is 0 Å². The van der Waals surface area contributed by atoms with Gasteiger partial charge in [0.15, 0.2) is 5.82 Å². The van der Waals surface area contributed by atoms with Crippen molar-refractivity contribution in [2.24, 2.45) is 0 Å². The molecule has 0 aliphatic carbocycles. The highest BCUT2D eigenvalue weighted by Gasteiger charge is 2.15. The Balaban J connectivity index is 1.92. The normalized spacial score (nSPS) is 16.6. The van der Waals surface area contributed by atoms with E-state index in [-0.39, 0.29) is 6.03 Å². The van der Waals surface area contributed by atoms with Crippen LogP contribution in [0.25, 0.3) is 0 Å². The fraction of sp³-hybridized carbons (Fsp3) is 0.545. The van der Waals surface area contributed by atoms with Crippen LogP contribution >= 0.6 is 0 Å². The maximum Gasteiger partial charge on any atom is 0.323 e. The number of nitrogens with one attached hydrogen (secondary N) is 1. The summed E-state index contributed by atoms with van der Waals surface area (Å²) in [5.41, 5.74) is 0. The summed E-state index contributed by atoms with van der Waals surface area (Å²) in [6, 6.07) is -0.0672. The van der Waals surface area contributed by atoms with Gasteiger partial charge < -0.3 is 4.90 Å². The first-order valence-electron chi connectivity index (χ1n) is 5.68. The van der Waals surface area contributed by atoms with Crippen LogP contribution in [0.1, 0.15) is 25.7 Å². The lowest BCUT2D eigenvalue weighted by molar-refractivity contribution is 0.213. The third-order valence-electron chi connectivity index (χ3n) is 2.69. The average molecular weight is 220 g/mol. The summed E-state index contributed by atoms with van der Waals surface area (Å²) in [5, 5.41) is 2.75. The first kappa shape index (κ1) is 10.9.